The van der Waals surface area contributed by atoms with Crippen LogP contribution in [0.2, 0.25) is 0 Å². The SMILES string of the molecule is CCO/C(=N\OC)c1ccc([N+](=O)[O-])cc1. The Balaban J connectivity index is 2.94. The summed E-state index contributed by atoms with van der Waals surface area (Å²) in [5, 5.41) is 14.1. The van der Waals surface area contributed by atoms with Crippen molar-refractivity contribution >= 4 is 11.6 Å². The van der Waals surface area contributed by atoms with E-state index in [1.165, 1.54) is 19.2 Å². The van der Waals surface area contributed by atoms with E-state index in [0.717, 1.165) is 0 Å². The van der Waals surface area contributed by atoms with Crippen molar-refractivity contribution in [1.29, 1.82) is 0 Å². The molecule has 1 aromatic rings. The monoisotopic (exact) mass is 224 g/mol. The zero-order chi connectivity index (χ0) is 12.0. The maximum absolute atomic E-state index is 10.5. The second-order valence-corrected chi connectivity index (χ2v) is 2.82. The average Bonchev–Trinajstić information content (AvgIpc) is 2.29. The summed E-state index contributed by atoms with van der Waals surface area (Å²) < 4.78 is 5.22. The number of rotatable bonds is 4. The first-order valence-electron chi connectivity index (χ1n) is 4.67. The molecule has 6 nitrogen and oxygen atoms in total. The molecule has 0 aliphatic heterocycles. The smallest absolute Gasteiger partial charge is 0.269 e. The van der Waals surface area contributed by atoms with Crippen LogP contribution in [-0.2, 0) is 9.57 Å². The standard InChI is InChI=1S/C10H12N2O4/c1-3-16-10(11-15-2)8-4-6-9(7-5-8)12(13)14/h4-7H,3H2,1-2H3/b11-10-. The van der Waals surface area contributed by atoms with Gasteiger partial charge >= 0.3 is 0 Å². The number of nitrogens with zero attached hydrogens (tertiary/aromatic N) is 2. The molecule has 0 unspecified atom stereocenters. The van der Waals surface area contributed by atoms with Gasteiger partial charge in [-0.3, -0.25) is 10.1 Å². The average molecular weight is 224 g/mol. The molecule has 1 rings (SSSR count). The summed E-state index contributed by atoms with van der Waals surface area (Å²) in [5.41, 5.74) is 0.659. The third-order valence-corrected chi connectivity index (χ3v) is 1.78. The molecule has 0 N–H and O–H groups in total. The van der Waals surface area contributed by atoms with Crippen molar-refractivity contribution in [3.05, 3.63) is 39.9 Å². The van der Waals surface area contributed by atoms with E-state index in [9.17, 15) is 10.1 Å². The van der Waals surface area contributed by atoms with E-state index < -0.39 is 4.92 Å². The van der Waals surface area contributed by atoms with Gasteiger partial charge in [0.25, 0.3) is 11.6 Å². The number of nitro groups is 1. The Morgan fingerprint density at radius 1 is 1.44 bits per heavy atom. The number of nitro benzene ring substituents is 1. The van der Waals surface area contributed by atoms with Crippen LogP contribution < -0.4 is 0 Å². The lowest BCUT2D eigenvalue weighted by Gasteiger charge is -2.05. The number of non-ortho nitro benzene ring substituents is 1. The molecule has 16 heavy (non-hydrogen) atoms. The van der Waals surface area contributed by atoms with Crippen LogP contribution >= 0.6 is 0 Å². The van der Waals surface area contributed by atoms with Crippen molar-refractivity contribution in [3.63, 3.8) is 0 Å². The summed E-state index contributed by atoms with van der Waals surface area (Å²) >= 11 is 0. The molecule has 0 radical (unpaired) electrons. The van der Waals surface area contributed by atoms with Gasteiger partial charge < -0.3 is 9.57 Å². The second kappa shape index (κ2) is 5.69. The maximum Gasteiger partial charge on any atom is 0.269 e. The van der Waals surface area contributed by atoms with Gasteiger partial charge in [-0.25, -0.2) is 0 Å². The maximum atomic E-state index is 10.5. The Morgan fingerprint density at radius 3 is 2.50 bits per heavy atom. The van der Waals surface area contributed by atoms with E-state index in [1.807, 2.05) is 6.92 Å². The van der Waals surface area contributed by atoms with Crippen LogP contribution in [0, 0.1) is 10.1 Å². The van der Waals surface area contributed by atoms with Crippen molar-refractivity contribution in [2.24, 2.45) is 5.16 Å². The lowest BCUT2D eigenvalue weighted by atomic mass is 10.2. The molecule has 0 saturated heterocycles. The summed E-state index contributed by atoms with van der Waals surface area (Å²) in [7, 11) is 1.41. The summed E-state index contributed by atoms with van der Waals surface area (Å²) in [6.45, 7) is 2.26. The van der Waals surface area contributed by atoms with Crippen LogP contribution in [0.25, 0.3) is 0 Å². The fraction of sp³-hybridized carbons (Fsp3) is 0.300. The van der Waals surface area contributed by atoms with Gasteiger partial charge in [0.1, 0.15) is 7.11 Å². The number of hydrogen-bond donors (Lipinski definition) is 0. The minimum atomic E-state index is -0.461. The van der Waals surface area contributed by atoms with E-state index in [0.29, 0.717) is 18.1 Å². The molecular formula is C10H12N2O4. The van der Waals surface area contributed by atoms with Crippen LogP contribution in [0.4, 0.5) is 5.69 Å². The molecule has 0 fully saturated rings. The quantitative estimate of drug-likeness (QED) is 0.339. The van der Waals surface area contributed by atoms with E-state index in [4.69, 9.17) is 4.74 Å². The lowest BCUT2D eigenvalue weighted by molar-refractivity contribution is -0.384. The van der Waals surface area contributed by atoms with E-state index in [-0.39, 0.29) is 5.69 Å². The Kier molecular flexibility index (Phi) is 4.26. The zero-order valence-electron chi connectivity index (χ0n) is 9.04. The largest absolute Gasteiger partial charge is 0.475 e. The van der Waals surface area contributed by atoms with E-state index in [2.05, 4.69) is 9.99 Å². The van der Waals surface area contributed by atoms with Gasteiger partial charge in [0, 0.05) is 17.7 Å². The molecule has 0 spiro atoms. The molecular weight excluding hydrogens is 212 g/mol. The Morgan fingerprint density at radius 2 is 2.06 bits per heavy atom. The van der Waals surface area contributed by atoms with Gasteiger partial charge in [-0.2, -0.15) is 0 Å². The van der Waals surface area contributed by atoms with Crippen molar-refractivity contribution in [3.8, 4) is 0 Å². The van der Waals surface area contributed by atoms with Gasteiger partial charge in [0.05, 0.1) is 11.5 Å². The molecule has 0 aliphatic rings. The van der Waals surface area contributed by atoms with Crippen molar-refractivity contribution in [1.82, 2.24) is 0 Å². The number of oxime groups is 1. The molecule has 0 bridgehead atoms. The summed E-state index contributed by atoms with van der Waals surface area (Å²) in [5.74, 6) is 0.305. The third kappa shape index (κ3) is 2.94. The molecule has 0 aromatic heterocycles. The highest BCUT2D eigenvalue weighted by Crippen LogP contribution is 2.13. The lowest BCUT2D eigenvalue weighted by Crippen LogP contribution is -2.07. The summed E-state index contributed by atoms with van der Waals surface area (Å²) in [6, 6.07) is 5.90. The van der Waals surface area contributed by atoms with E-state index >= 15 is 0 Å². The third-order valence-electron chi connectivity index (χ3n) is 1.78. The normalized spacial score (nSPS) is 11.0. The van der Waals surface area contributed by atoms with Crippen molar-refractivity contribution in [2.75, 3.05) is 13.7 Å². The van der Waals surface area contributed by atoms with Gasteiger partial charge in [-0.15, -0.1) is 0 Å². The molecule has 6 heteroatoms. The first kappa shape index (κ1) is 12.0. The number of ether oxygens (including phenoxy) is 1. The zero-order valence-corrected chi connectivity index (χ0v) is 9.04. The van der Waals surface area contributed by atoms with Crippen molar-refractivity contribution in [2.45, 2.75) is 6.92 Å². The van der Waals surface area contributed by atoms with Gasteiger partial charge in [0.15, 0.2) is 0 Å². The second-order valence-electron chi connectivity index (χ2n) is 2.82. The molecule has 0 atom stereocenters. The van der Waals surface area contributed by atoms with Crippen molar-refractivity contribution < 1.29 is 14.5 Å². The molecule has 0 amide bonds. The van der Waals surface area contributed by atoms with E-state index in [1.54, 1.807) is 12.1 Å². The summed E-state index contributed by atoms with van der Waals surface area (Å²) in [6.07, 6.45) is 0. The molecule has 0 heterocycles. The van der Waals surface area contributed by atoms with Crippen LogP contribution in [0.15, 0.2) is 29.4 Å². The van der Waals surface area contributed by atoms with Crippen LogP contribution in [0.3, 0.4) is 0 Å². The van der Waals surface area contributed by atoms with Crippen LogP contribution in [-0.4, -0.2) is 24.5 Å². The Labute approximate surface area is 92.6 Å². The van der Waals surface area contributed by atoms with Crippen LogP contribution in [0.5, 0.6) is 0 Å². The predicted octanol–water partition coefficient (Wildman–Crippen LogP) is 1.94. The van der Waals surface area contributed by atoms with Crippen LogP contribution in [0.1, 0.15) is 12.5 Å². The highest BCUT2D eigenvalue weighted by atomic mass is 16.6. The minimum Gasteiger partial charge on any atom is -0.475 e. The first-order chi connectivity index (χ1) is 7.69. The fourth-order valence-corrected chi connectivity index (χ4v) is 1.11. The minimum absolute atomic E-state index is 0.0250. The Bertz CT molecular complexity index is 386. The topological polar surface area (TPSA) is 74.0 Å². The summed E-state index contributed by atoms with van der Waals surface area (Å²) in [4.78, 5) is 14.6. The Hall–Kier alpha value is -2.11. The van der Waals surface area contributed by atoms with Gasteiger partial charge in [-0.05, 0) is 24.2 Å². The molecule has 0 aliphatic carbocycles. The highest BCUT2D eigenvalue weighted by Gasteiger charge is 2.09. The first-order valence-corrected chi connectivity index (χ1v) is 4.67. The fourth-order valence-electron chi connectivity index (χ4n) is 1.11. The molecule has 1 aromatic carbocycles. The number of hydrogen-bond acceptors (Lipinski definition) is 5. The van der Waals surface area contributed by atoms with Gasteiger partial charge in [-0.1, -0.05) is 0 Å². The van der Waals surface area contributed by atoms with Gasteiger partial charge in [0.2, 0.25) is 0 Å². The molecule has 86 valence electrons. The highest BCUT2D eigenvalue weighted by molar-refractivity contribution is 5.93. The predicted molar refractivity (Wildman–Crippen MR) is 58.3 cm³/mol. The molecule has 0 saturated carbocycles. The number of benzene rings is 1.